The zero-order valence-corrected chi connectivity index (χ0v) is 13.1. The van der Waals surface area contributed by atoms with Gasteiger partial charge in [0.1, 0.15) is 11.3 Å². The van der Waals surface area contributed by atoms with Gasteiger partial charge in [-0.1, -0.05) is 32.0 Å². The van der Waals surface area contributed by atoms with Gasteiger partial charge in [0.2, 0.25) is 0 Å². The molecule has 3 heteroatoms. The zero-order chi connectivity index (χ0) is 14.5. The van der Waals surface area contributed by atoms with Crippen molar-refractivity contribution in [2.24, 2.45) is 0 Å². The standard InChI is InChI=1S/C17H26N2O/c1-5-13(6-2)19(4)12-15-14-9-7-8-10-16(14)20-17(15)11-18-3/h7-10,13,18H,5-6,11-12H2,1-4H3. The largest absolute Gasteiger partial charge is 0.459 e. The fourth-order valence-corrected chi connectivity index (χ4v) is 2.92. The molecule has 0 aliphatic carbocycles. The van der Waals surface area contributed by atoms with Crippen LogP contribution in [0.3, 0.4) is 0 Å². The molecule has 3 nitrogen and oxygen atoms in total. The average Bonchev–Trinajstić information content (AvgIpc) is 2.79. The lowest BCUT2D eigenvalue weighted by molar-refractivity contribution is 0.220. The maximum atomic E-state index is 6.00. The van der Waals surface area contributed by atoms with Crippen LogP contribution < -0.4 is 5.32 Å². The van der Waals surface area contributed by atoms with Gasteiger partial charge in [-0.2, -0.15) is 0 Å². The quantitative estimate of drug-likeness (QED) is 0.833. The van der Waals surface area contributed by atoms with Gasteiger partial charge in [0, 0.05) is 23.5 Å². The molecule has 0 saturated carbocycles. The van der Waals surface area contributed by atoms with Gasteiger partial charge in [-0.3, -0.25) is 4.90 Å². The van der Waals surface area contributed by atoms with Crippen LogP contribution in [-0.2, 0) is 13.1 Å². The second kappa shape index (κ2) is 6.91. The molecule has 1 aromatic carbocycles. The highest BCUT2D eigenvalue weighted by molar-refractivity contribution is 5.82. The maximum absolute atomic E-state index is 6.00. The molecule has 0 saturated heterocycles. The van der Waals surface area contributed by atoms with Crippen molar-refractivity contribution >= 4 is 11.0 Å². The number of nitrogens with one attached hydrogen (secondary N) is 1. The molecule has 0 amide bonds. The van der Waals surface area contributed by atoms with Gasteiger partial charge in [0.05, 0.1) is 6.54 Å². The third-order valence-electron chi connectivity index (χ3n) is 4.09. The minimum Gasteiger partial charge on any atom is -0.459 e. The van der Waals surface area contributed by atoms with E-state index in [9.17, 15) is 0 Å². The van der Waals surface area contributed by atoms with E-state index < -0.39 is 0 Å². The summed E-state index contributed by atoms with van der Waals surface area (Å²) in [6.45, 7) is 6.24. The third kappa shape index (κ3) is 3.05. The average molecular weight is 274 g/mol. The van der Waals surface area contributed by atoms with Crippen LogP contribution in [0.4, 0.5) is 0 Å². The van der Waals surface area contributed by atoms with E-state index in [-0.39, 0.29) is 0 Å². The van der Waals surface area contributed by atoms with Crippen molar-refractivity contribution in [2.75, 3.05) is 14.1 Å². The first-order valence-electron chi connectivity index (χ1n) is 7.55. The SMILES string of the molecule is CCC(CC)N(C)Cc1c(CNC)oc2ccccc12. The zero-order valence-electron chi connectivity index (χ0n) is 13.1. The molecule has 110 valence electrons. The number of para-hydroxylation sites is 1. The van der Waals surface area contributed by atoms with Crippen molar-refractivity contribution in [3.05, 3.63) is 35.6 Å². The second-order valence-electron chi connectivity index (χ2n) is 5.42. The van der Waals surface area contributed by atoms with Crippen LogP contribution in [0.5, 0.6) is 0 Å². The lowest BCUT2D eigenvalue weighted by atomic mass is 10.1. The number of rotatable bonds is 7. The molecule has 2 aromatic rings. The number of benzene rings is 1. The van der Waals surface area contributed by atoms with Crippen LogP contribution >= 0.6 is 0 Å². The molecule has 0 unspecified atom stereocenters. The Morgan fingerprint density at radius 1 is 1.20 bits per heavy atom. The Morgan fingerprint density at radius 2 is 1.90 bits per heavy atom. The van der Waals surface area contributed by atoms with Gasteiger partial charge < -0.3 is 9.73 Å². The monoisotopic (exact) mass is 274 g/mol. The van der Waals surface area contributed by atoms with Gasteiger partial charge in [0.25, 0.3) is 0 Å². The summed E-state index contributed by atoms with van der Waals surface area (Å²) >= 11 is 0. The molecule has 0 spiro atoms. The molecule has 2 rings (SSSR count). The molecule has 1 aromatic heterocycles. The normalized spacial score (nSPS) is 11.9. The molecule has 0 fully saturated rings. The van der Waals surface area contributed by atoms with E-state index in [2.05, 4.69) is 49.3 Å². The predicted octanol–water partition coefficient (Wildman–Crippen LogP) is 3.77. The van der Waals surface area contributed by atoms with Crippen LogP contribution in [0.1, 0.15) is 38.0 Å². The number of hydrogen-bond acceptors (Lipinski definition) is 3. The Morgan fingerprint density at radius 3 is 2.55 bits per heavy atom. The number of fused-ring (bicyclic) bond motifs is 1. The molecular formula is C17H26N2O. The minimum atomic E-state index is 0.631. The van der Waals surface area contributed by atoms with Gasteiger partial charge >= 0.3 is 0 Å². The first kappa shape index (κ1) is 15.1. The lowest BCUT2D eigenvalue weighted by Crippen LogP contribution is -2.30. The van der Waals surface area contributed by atoms with Crippen LogP contribution in [-0.4, -0.2) is 25.0 Å². The fourth-order valence-electron chi connectivity index (χ4n) is 2.92. The van der Waals surface area contributed by atoms with Gasteiger partial charge in [-0.15, -0.1) is 0 Å². The van der Waals surface area contributed by atoms with Crippen molar-refractivity contribution in [2.45, 2.75) is 45.8 Å². The topological polar surface area (TPSA) is 28.4 Å². The van der Waals surface area contributed by atoms with Gasteiger partial charge in [0.15, 0.2) is 0 Å². The molecule has 0 atom stereocenters. The minimum absolute atomic E-state index is 0.631. The summed E-state index contributed by atoms with van der Waals surface area (Å²) in [4.78, 5) is 2.44. The summed E-state index contributed by atoms with van der Waals surface area (Å²) in [5, 5.41) is 4.45. The number of nitrogens with zero attached hydrogens (tertiary/aromatic N) is 1. The fraction of sp³-hybridized carbons (Fsp3) is 0.529. The van der Waals surface area contributed by atoms with E-state index in [1.54, 1.807) is 0 Å². The van der Waals surface area contributed by atoms with Crippen LogP contribution in [0.25, 0.3) is 11.0 Å². The third-order valence-corrected chi connectivity index (χ3v) is 4.09. The number of hydrogen-bond donors (Lipinski definition) is 1. The Hall–Kier alpha value is -1.32. The summed E-state index contributed by atoms with van der Waals surface area (Å²) in [5.41, 5.74) is 2.31. The van der Waals surface area contributed by atoms with Crippen LogP contribution in [0.2, 0.25) is 0 Å². The number of furan rings is 1. The first-order chi connectivity index (χ1) is 9.71. The molecule has 1 heterocycles. The van der Waals surface area contributed by atoms with Crippen LogP contribution in [0, 0.1) is 0 Å². The summed E-state index contributed by atoms with van der Waals surface area (Å²) < 4.78 is 6.00. The molecular weight excluding hydrogens is 248 g/mol. The molecule has 0 aliphatic rings. The Kier molecular flexibility index (Phi) is 5.21. The highest BCUT2D eigenvalue weighted by Gasteiger charge is 2.18. The van der Waals surface area contributed by atoms with E-state index in [0.29, 0.717) is 6.04 Å². The van der Waals surface area contributed by atoms with E-state index in [4.69, 9.17) is 4.42 Å². The van der Waals surface area contributed by atoms with Crippen molar-refractivity contribution in [3.63, 3.8) is 0 Å². The van der Waals surface area contributed by atoms with Crippen molar-refractivity contribution in [3.8, 4) is 0 Å². The van der Waals surface area contributed by atoms with Crippen molar-refractivity contribution in [1.29, 1.82) is 0 Å². The molecule has 20 heavy (non-hydrogen) atoms. The van der Waals surface area contributed by atoms with Crippen molar-refractivity contribution in [1.82, 2.24) is 10.2 Å². The predicted molar refractivity (Wildman–Crippen MR) is 84.8 cm³/mol. The van der Waals surface area contributed by atoms with Crippen molar-refractivity contribution < 1.29 is 4.42 Å². The van der Waals surface area contributed by atoms with E-state index in [1.165, 1.54) is 23.8 Å². The van der Waals surface area contributed by atoms with Crippen LogP contribution in [0.15, 0.2) is 28.7 Å². The Bertz CT molecular complexity index is 543. The van der Waals surface area contributed by atoms with E-state index in [0.717, 1.165) is 24.4 Å². The molecule has 1 N–H and O–H groups in total. The van der Waals surface area contributed by atoms with Gasteiger partial charge in [-0.05, 0) is 33.0 Å². The molecule has 0 radical (unpaired) electrons. The maximum Gasteiger partial charge on any atom is 0.134 e. The molecule has 0 aliphatic heterocycles. The second-order valence-corrected chi connectivity index (χ2v) is 5.42. The summed E-state index contributed by atoms with van der Waals surface area (Å²) in [5.74, 6) is 1.06. The smallest absolute Gasteiger partial charge is 0.134 e. The first-order valence-corrected chi connectivity index (χ1v) is 7.55. The summed E-state index contributed by atoms with van der Waals surface area (Å²) in [7, 11) is 4.17. The Labute approximate surface area is 122 Å². The molecule has 0 bridgehead atoms. The van der Waals surface area contributed by atoms with E-state index in [1.807, 2.05) is 13.1 Å². The highest BCUT2D eigenvalue weighted by Crippen LogP contribution is 2.27. The highest BCUT2D eigenvalue weighted by atomic mass is 16.3. The lowest BCUT2D eigenvalue weighted by Gasteiger charge is -2.26. The summed E-state index contributed by atoms with van der Waals surface area (Å²) in [6, 6.07) is 8.96. The Balaban J connectivity index is 2.33. The van der Waals surface area contributed by atoms with E-state index >= 15 is 0 Å². The summed E-state index contributed by atoms with van der Waals surface area (Å²) in [6.07, 6.45) is 2.37. The van der Waals surface area contributed by atoms with Gasteiger partial charge in [-0.25, -0.2) is 0 Å².